The van der Waals surface area contributed by atoms with E-state index in [0.717, 1.165) is 16.9 Å². The van der Waals surface area contributed by atoms with Gasteiger partial charge in [-0.05, 0) is 50.6 Å². The number of nitrogens with one attached hydrogen (secondary N) is 1. The van der Waals surface area contributed by atoms with Crippen molar-refractivity contribution in [1.82, 2.24) is 5.32 Å². The molecule has 0 bridgehead atoms. The normalized spacial score (nSPS) is 10.2. The topological polar surface area (TPSA) is 83.1 Å². The van der Waals surface area contributed by atoms with Crippen LogP contribution in [0.5, 0.6) is 17.2 Å². The second-order valence-corrected chi connectivity index (χ2v) is 6.34. The van der Waals surface area contributed by atoms with Crippen molar-refractivity contribution in [2.75, 3.05) is 33.5 Å². The molecular weight excluding hydrogens is 374 g/mol. The predicted molar refractivity (Wildman–Crippen MR) is 109 cm³/mol. The molecule has 0 aliphatic rings. The Morgan fingerprint density at radius 1 is 0.966 bits per heavy atom. The van der Waals surface area contributed by atoms with Gasteiger partial charge in [0.1, 0.15) is 12.4 Å². The van der Waals surface area contributed by atoms with Gasteiger partial charge in [-0.1, -0.05) is 17.7 Å². The van der Waals surface area contributed by atoms with Crippen molar-refractivity contribution < 1.29 is 28.5 Å². The summed E-state index contributed by atoms with van der Waals surface area (Å²) in [6.45, 7) is 6.57. The fourth-order valence-electron chi connectivity index (χ4n) is 2.65. The average molecular weight is 401 g/mol. The van der Waals surface area contributed by atoms with Gasteiger partial charge in [0, 0.05) is 0 Å². The number of aryl methyl sites for hydroxylation is 2. The lowest BCUT2D eigenvalue weighted by atomic mass is 10.1. The van der Waals surface area contributed by atoms with E-state index >= 15 is 0 Å². The number of hydrogen-bond donors (Lipinski definition) is 1. The van der Waals surface area contributed by atoms with Crippen LogP contribution in [0.3, 0.4) is 0 Å². The molecule has 0 heterocycles. The standard InChI is InChI=1S/C22H27NO6/c1-5-27-19-9-7-17(13-20(19)26-4)22(25)29-14-21(24)23-10-11-28-18-8-6-15(2)12-16(18)3/h6-9,12-13H,5,10-11,14H2,1-4H3,(H,23,24). The molecule has 2 aromatic carbocycles. The van der Waals surface area contributed by atoms with Crippen molar-refractivity contribution in [1.29, 1.82) is 0 Å². The van der Waals surface area contributed by atoms with E-state index in [1.807, 2.05) is 39.0 Å². The van der Waals surface area contributed by atoms with Crippen LogP contribution in [-0.4, -0.2) is 45.4 Å². The third-order valence-electron chi connectivity index (χ3n) is 4.05. The van der Waals surface area contributed by atoms with Crippen LogP contribution in [0.25, 0.3) is 0 Å². The molecule has 0 spiro atoms. The lowest BCUT2D eigenvalue weighted by Gasteiger charge is -2.12. The minimum absolute atomic E-state index is 0.274. The van der Waals surface area contributed by atoms with Gasteiger partial charge in [-0.2, -0.15) is 0 Å². The zero-order valence-electron chi connectivity index (χ0n) is 17.2. The number of esters is 1. The molecule has 0 aromatic heterocycles. The Morgan fingerprint density at radius 2 is 1.72 bits per heavy atom. The Kier molecular flexibility index (Phi) is 8.33. The number of benzene rings is 2. The van der Waals surface area contributed by atoms with Crippen molar-refractivity contribution in [3.8, 4) is 17.2 Å². The summed E-state index contributed by atoms with van der Waals surface area (Å²) in [5.41, 5.74) is 2.47. The van der Waals surface area contributed by atoms with Crippen LogP contribution >= 0.6 is 0 Å². The molecule has 29 heavy (non-hydrogen) atoms. The highest BCUT2D eigenvalue weighted by atomic mass is 16.5. The van der Waals surface area contributed by atoms with Gasteiger partial charge < -0.3 is 24.3 Å². The van der Waals surface area contributed by atoms with Gasteiger partial charge >= 0.3 is 5.97 Å². The highest BCUT2D eigenvalue weighted by Gasteiger charge is 2.14. The molecule has 7 heteroatoms. The molecule has 0 fully saturated rings. The number of ether oxygens (including phenoxy) is 4. The molecule has 2 rings (SSSR count). The van der Waals surface area contributed by atoms with Crippen LogP contribution in [0.2, 0.25) is 0 Å². The van der Waals surface area contributed by atoms with Crippen LogP contribution in [0.1, 0.15) is 28.4 Å². The van der Waals surface area contributed by atoms with E-state index in [1.165, 1.54) is 13.2 Å². The minimum atomic E-state index is -0.618. The largest absolute Gasteiger partial charge is 0.493 e. The van der Waals surface area contributed by atoms with Crippen molar-refractivity contribution in [2.24, 2.45) is 0 Å². The second kappa shape index (κ2) is 10.9. The van der Waals surface area contributed by atoms with Gasteiger partial charge in [-0.25, -0.2) is 4.79 Å². The molecule has 0 aliphatic heterocycles. The maximum Gasteiger partial charge on any atom is 0.338 e. The molecule has 0 saturated heterocycles. The Balaban J connectivity index is 1.75. The van der Waals surface area contributed by atoms with Crippen LogP contribution in [0, 0.1) is 13.8 Å². The summed E-state index contributed by atoms with van der Waals surface area (Å²) in [7, 11) is 1.49. The van der Waals surface area contributed by atoms with Crippen LogP contribution in [-0.2, 0) is 9.53 Å². The summed E-state index contributed by atoms with van der Waals surface area (Å²) in [6.07, 6.45) is 0. The maximum atomic E-state index is 12.1. The van der Waals surface area contributed by atoms with E-state index in [0.29, 0.717) is 31.3 Å². The number of carbonyl (C=O) groups excluding carboxylic acids is 2. The van der Waals surface area contributed by atoms with Gasteiger partial charge in [0.2, 0.25) is 0 Å². The quantitative estimate of drug-likeness (QED) is 0.487. The number of carbonyl (C=O) groups is 2. The highest BCUT2D eigenvalue weighted by molar-refractivity contribution is 5.92. The maximum absolute atomic E-state index is 12.1. The highest BCUT2D eigenvalue weighted by Crippen LogP contribution is 2.28. The van der Waals surface area contributed by atoms with Gasteiger partial charge in [0.25, 0.3) is 5.91 Å². The van der Waals surface area contributed by atoms with E-state index < -0.39 is 11.9 Å². The molecule has 7 nitrogen and oxygen atoms in total. The fraction of sp³-hybridized carbons (Fsp3) is 0.364. The molecule has 156 valence electrons. The lowest BCUT2D eigenvalue weighted by Crippen LogP contribution is -2.32. The van der Waals surface area contributed by atoms with E-state index in [-0.39, 0.29) is 12.2 Å². The summed E-state index contributed by atoms with van der Waals surface area (Å²) in [5.74, 6) is 0.719. The zero-order valence-corrected chi connectivity index (χ0v) is 17.2. The monoisotopic (exact) mass is 401 g/mol. The molecular formula is C22H27NO6. The first-order valence-electron chi connectivity index (χ1n) is 9.39. The number of methoxy groups -OCH3 is 1. The zero-order chi connectivity index (χ0) is 21.2. The SMILES string of the molecule is CCOc1ccc(C(=O)OCC(=O)NCCOc2ccc(C)cc2C)cc1OC. The number of amides is 1. The second-order valence-electron chi connectivity index (χ2n) is 6.34. The molecule has 0 aliphatic carbocycles. The molecule has 0 radical (unpaired) electrons. The summed E-state index contributed by atoms with van der Waals surface area (Å²) < 4.78 is 21.3. The van der Waals surface area contributed by atoms with E-state index in [9.17, 15) is 9.59 Å². The number of rotatable bonds is 10. The Morgan fingerprint density at radius 3 is 2.41 bits per heavy atom. The first kappa shape index (κ1) is 22.1. The van der Waals surface area contributed by atoms with Crippen molar-refractivity contribution in [3.05, 3.63) is 53.1 Å². The van der Waals surface area contributed by atoms with Crippen molar-refractivity contribution in [2.45, 2.75) is 20.8 Å². The van der Waals surface area contributed by atoms with Gasteiger partial charge in [-0.3, -0.25) is 4.79 Å². The fourth-order valence-corrected chi connectivity index (χ4v) is 2.65. The smallest absolute Gasteiger partial charge is 0.338 e. The van der Waals surface area contributed by atoms with E-state index in [1.54, 1.807) is 12.1 Å². The molecule has 0 unspecified atom stereocenters. The third kappa shape index (κ3) is 6.71. The van der Waals surface area contributed by atoms with E-state index in [4.69, 9.17) is 18.9 Å². The van der Waals surface area contributed by atoms with Gasteiger partial charge in [0.05, 0.1) is 25.8 Å². The van der Waals surface area contributed by atoms with Crippen molar-refractivity contribution >= 4 is 11.9 Å². The minimum Gasteiger partial charge on any atom is -0.493 e. The number of hydrogen-bond acceptors (Lipinski definition) is 6. The molecule has 1 amide bonds. The molecule has 0 saturated carbocycles. The Bertz CT molecular complexity index is 849. The molecule has 0 atom stereocenters. The van der Waals surface area contributed by atoms with Crippen LogP contribution in [0.4, 0.5) is 0 Å². The van der Waals surface area contributed by atoms with Crippen molar-refractivity contribution in [3.63, 3.8) is 0 Å². The Labute approximate surface area is 170 Å². The third-order valence-corrected chi connectivity index (χ3v) is 4.05. The first-order chi connectivity index (χ1) is 13.9. The summed E-state index contributed by atoms with van der Waals surface area (Å²) in [4.78, 5) is 24.0. The van der Waals surface area contributed by atoms with Crippen LogP contribution < -0.4 is 19.5 Å². The first-order valence-corrected chi connectivity index (χ1v) is 9.39. The van der Waals surface area contributed by atoms with Gasteiger partial charge in [-0.15, -0.1) is 0 Å². The summed E-state index contributed by atoms with van der Waals surface area (Å²) in [5, 5.41) is 2.65. The summed E-state index contributed by atoms with van der Waals surface area (Å²) >= 11 is 0. The predicted octanol–water partition coefficient (Wildman–Crippen LogP) is 3.06. The van der Waals surface area contributed by atoms with Crippen LogP contribution in [0.15, 0.2) is 36.4 Å². The summed E-state index contributed by atoms with van der Waals surface area (Å²) in [6, 6.07) is 10.6. The molecule has 2 aromatic rings. The average Bonchev–Trinajstić information content (AvgIpc) is 2.71. The molecule has 1 N–H and O–H groups in total. The van der Waals surface area contributed by atoms with E-state index in [2.05, 4.69) is 5.32 Å². The van der Waals surface area contributed by atoms with Gasteiger partial charge in [0.15, 0.2) is 18.1 Å². The Hall–Kier alpha value is -3.22. The lowest BCUT2D eigenvalue weighted by molar-refractivity contribution is -0.124.